The summed E-state index contributed by atoms with van der Waals surface area (Å²) in [6.07, 6.45) is 7.44. The van der Waals surface area contributed by atoms with E-state index in [1.165, 1.54) is 17.7 Å². The molecule has 4 heterocycles. The predicted molar refractivity (Wildman–Crippen MR) is 123 cm³/mol. The van der Waals surface area contributed by atoms with Gasteiger partial charge in [0, 0.05) is 55.7 Å². The normalized spacial score (nSPS) is 18.3. The number of anilines is 1. The highest BCUT2D eigenvalue weighted by Crippen LogP contribution is 2.32. The molecule has 0 bridgehead atoms. The number of aromatic nitrogens is 4. The molecule has 0 aliphatic carbocycles. The molecule has 1 aromatic carbocycles. The third-order valence-electron chi connectivity index (χ3n) is 6.65. The third kappa shape index (κ3) is 4.74. The van der Waals surface area contributed by atoms with Gasteiger partial charge in [-0.05, 0) is 56.4 Å². The number of carbonyl (C=O) groups is 1. The number of hydrogen-bond acceptors (Lipinski definition) is 5. The Hall–Kier alpha value is -3.29. The van der Waals surface area contributed by atoms with Crippen molar-refractivity contribution in [1.29, 1.82) is 0 Å². The van der Waals surface area contributed by atoms with Crippen molar-refractivity contribution in [2.24, 2.45) is 0 Å². The van der Waals surface area contributed by atoms with E-state index < -0.39 is 0 Å². The van der Waals surface area contributed by atoms with Crippen LogP contribution in [-0.2, 0) is 24.3 Å². The molecule has 0 radical (unpaired) electrons. The SMILES string of the molecule is Cc1nc([C@@H]2CCCN(C(=O)Cn3cccn3)C2)nc2c1CCCN2Cc1ccc(F)cc1. The molecule has 0 N–H and O–H groups in total. The fraction of sp³-hybridized carbons (Fsp3) is 0.440. The first-order chi connectivity index (χ1) is 16.1. The number of fused-ring (bicyclic) bond motifs is 1. The summed E-state index contributed by atoms with van der Waals surface area (Å²) in [6.45, 7) is 5.33. The van der Waals surface area contributed by atoms with Crippen molar-refractivity contribution in [2.45, 2.75) is 51.6 Å². The maximum atomic E-state index is 13.3. The lowest BCUT2D eigenvalue weighted by molar-refractivity contribution is -0.133. The van der Waals surface area contributed by atoms with Crippen LogP contribution in [0, 0.1) is 12.7 Å². The molecule has 0 saturated carbocycles. The second-order valence-corrected chi connectivity index (χ2v) is 9.00. The number of carbonyl (C=O) groups excluding carboxylic acids is 1. The van der Waals surface area contributed by atoms with Gasteiger partial charge in [-0.1, -0.05) is 12.1 Å². The summed E-state index contributed by atoms with van der Waals surface area (Å²) in [4.78, 5) is 27.0. The van der Waals surface area contributed by atoms with Crippen LogP contribution in [0.4, 0.5) is 10.2 Å². The average molecular weight is 449 g/mol. The summed E-state index contributed by atoms with van der Waals surface area (Å²) in [5, 5.41) is 4.15. The number of rotatable bonds is 5. The van der Waals surface area contributed by atoms with Gasteiger partial charge in [0.1, 0.15) is 24.0 Å². The van der Waals surface area contributed by atoms with Crippen molar-refractivity contribution in [3.8, 4) is 0 Å². The Bertz CT molecular complexity index is 1110. The van der Waals surface area contributed by atoms with Gasteiger partial charge >= 0.3 is 0 Å². The first-order valence-electron chi connectivity index (χ1n) is 11.7. The quantitative estimate of drug-likeness (QED) is 0.598. The standard InChI is InChI=1S/C25H29FN6O/c1-18-22-6-3-13-31(15-19-7-9-21(26)10-8-19)25(22)29-24(28-18)20-5-2-12-30(16-20)23(33)17-32-14-4-11-27-32/h4,7-11,14,20H,2-3,5-6,12-13,15-17H2,1H3/t20-/m1/s1. The molecule has 2 aliphatic heterocycles. The van der Waals surface area contributed by atoms with E-state index in [0.717, 1.165) is 61.7 Å². The van der Waals surface area contributed by atoms with Gasteiger partial charge < -0.3 is 9.80 Å². The maximum absolute atomic E-state index is 13.3. The Balaban J connectivity index is 1.36. The zero-order valence-electron chi connectivity index (χ0n) is 19.0. The second-order valence-electron chi connectivity index (χ2n) is 9.00. The molecule has 0 spiro atoms. The summed E-state index contributed by atoms with van der Waals surface area (Å²) in [5.41, 5.74) is 3.29. The molecule has 7 nitrogen and oxygen atoms in total. The van der Waals surface area contributed by atoms with Gasteiger partial charge in [-0.25, -0.2) is 14.4 Å². The van der Waals surface area contributed by atoms with Gasteiger partial charge in [-0.3, -0.25) is 9.48 Å². The second kappa shape index (κ2) is 9.29. The fourth-order valence-corrected chi connectivity index (χ4v) is 4.90. The van der Waals surface area contributed by atoms with E-state index in [-0.39, 0.29) is 24.2 Å². The minimum absolute atomic E-state index is 0.0796. The molecular weight excluding hydrogens is 419 g/mol. The highest BCUT2D eigenvalue weighted by Gasteiger charge is 2.29. The van der Waals surface area contributed by atoms with Crippen LogP contribution in [0.15, 0.2) is 42.7 Å². The van der Waals surface area contributed by atoms with E-state index in [1.807, 2.05) is 29.3 Å². The largest absolute Gasteiger partial charge is 0.352 e. The minimum atomic E-state index is -0.220. The molecule has 172 valence electrons. The molecule has 1 fully saturated rings. The molecule has 0 unspecified atom stereocenters. The molecular formula is C25H29FN6O. The number of benzene rings is 1. The maximum Gasteiger partial charge on any atom is 0.244 e. The van der Waals surface area contributed by atoms with Crippen LogP contribution in [0.5, 0.6) is 0 Å². The van der Waals surface area contributed by atoms with Gasteiger partial charge in [0.15, 0.2) is 0 Å². The van der Waals surface area contributed by atoms with Gasteiger partial charge in [0.2, 0.25) is 5.91 Å². The van der Waals surface area contributed by atoms with Crippen molar-refractivity contribution in [3.63, 3.8) is 0 Å². The summed E-state index contributed by atoms with van der Waals surface area (Å²) in [7, 11) is 0. The molecule has 1 saturated heterocycles. The molecule has 1 amide bonds. The molecule has 1 atom stereocenters. The first-order valence-corrected chi connectivity index (χ1v) is 11.7. The van der Waals surface area contributed by atoms with E-state index in [4.69, 9.17) is 9.97 Å². The number of halogens is 1. The molecule has 33 heavy (non-hydrogen) atoms. The van der Waals surface area contributed by atoms with Crippen molar-refractivity contribution in [1.82, 2.24) is 24.6 Å². The van der Waals surface area contributed by atoms with Crippen LogP contribution in [0.2, 0.25) is 0 Å². The molecule has 8 heteroatoms. The lowest BCUT2D eigenvalue weighted by Crippen LogP contribution is -2.41. The van der Waals surface area contributed by atoms with Crippen molar-refractivity contribution < 1.29 is 9.18 Å². The number of aryl methyl sites for hydroxylation is 1. The molecule has 3 aromatic rings. The van der Waals surface area contributed by atoms with Gasteiger partial charge in [0.25, 0.3) is 0 Å². The van der Waals surface area contributed by atoms with Gasteiger partial charge in [-0.2, -0.15) is 5.10 Å². The number of piperidine rings is 1. The van der Waals surface area contributed by atoms with Gasteiger partial charge in [-0.15, -0.1) is 0 Å². The van der Waals surface area contributed by atoms with Crippen LogP contribution in [0.1, 0.15) is 47.8 Å². The number of likely N-dealkylation sites (tertiary alicyclic amines) is 1. The Morgan fingerprint density at radius 3 is 2.79 bits per heavy atom. The zero-order valence-corrected chi connectivity index (χ0v) is 19.0. The van der Waals surface area contributed by atoms with Crippen molar-refractivity contribution >= 4 is 11.7 Å². The average Bonchev–Trinajstić information content (AvgIpc) is 3.34. The number of nitrogens with zero attached hydrogens (tertiary/aromatic N) is 6. The van der Waals surface area contributed by atoms with E-state index in [2.05, 4.69) is 16.9 Å². The van der Waals surface area contributed by atoms with E-state index >= 15 is 0 Å². The summed E-state index contributed by atoms with van der Waals surface area (Å²) in [6, 6.07) is 8.51. The first kappa shape index (κ1) is 21.6. The summed E-state index contributed by atoms with van der Waals surface area (Å²) >= 11 is 0. The lowest BCUT2D eigenvalue weighted by Gasteiger charge is -2.34. The Morgan fingerprint density at radius 1 is 1.15 bits per heavy atom. The van der Waals surface area contributed by atoms with Crippen molar-refractivity contribution in [3.05, 3.63) is 71.2 Å². The van der Waals surface area contributed by atoms with E-state index in [9.17, 15) is 9.18 Å². The van der Waals surface area contributed by atoms with Crippen LogP contribution >= 0.6 is 0 Å². The Labute approximate surface area is 193 Å². The van der Waals surface area contributed by atoms with Gasteiger partial charge in [0.05, 0.1) is 0 Å². The highest BCUT2D eigenvalue weighted by atomic mass is 19.1. The molecule has 5 rings (SSSR count). The third-order valence-corrected chi connectivity index (χ3v) is 6.65. The van der Waals surface area contributed by atoms with Crippen molar-refractivity contribution in [2.75, 3.05) is 24.5 Å². The predicted octanol–water partition coefficient (Wildman–Crippen LogP) is 3.48. The smallest absolute Gasteiger partial charge is 0.244 e. The highest BCUT2D eigenvalue weighted by molar-refractivity contribution is 5.76. The van der Waals surface area contributed by atoms with Crippen LogP contribution in [-0.4, -0.2) is 50.2 Å². The topological polar surface area (TPSA) is 67.2 Å². The van der Waals surface area contributed by atoms with Crippen LogP contribution in [0.3, 0.4) is 0 Å². The zero-order chi connectivity index (χ0) is 22.8. The molecule has 2 aromatic heterocycles. The Kier molecular flexibility index (Phi) is 6.07. The fourth-order valence-electron chi connectivity index (χ4n) is 4.90. The van der Waals surface area contributed by atoms with E-state index in [0.29, 0.717) is 13.1 Å². The number of hydrogen-bond donors (Lipinski definition) is 0. The lowest BCUT2D eigenvalue weighted by atomic mass is 9.96. The molecule has 2 aliphatic rings. The monoisotopic (exact) mass is 448 g/mol. The summed E-state index contributed by atoms with van der Waals surface area (Å²) < 4.78 is 15.0. The van der Waals surface area contributed by atoms with E-state index in [1.54, 1.807) is 10.9 Å². The Morgan fingerprint density at radius 2 is 2.00 bits per heavy atom. The minimum Gasteiger partial charge on any atom is -0.352 e. The summed E-state index contributed by atoms with van der Waals surface area (Å²) in [5.74, 6) is 1.80. The van der Waals surface area contributed by atoms with Crippen LogP contribution < -0.4 is 4.90 Å². The number of amides is 1. The van der Waals surface area contributed by atoms with Crippen LogP contribution in [0.25, 0.3) is 0 Å².